The molecule has 148 valence electrons. The van der Waals surface area contributed by atoms with Crippen LogP contribution in [-0.2, 0) is 27.9 Å². The van der Waals surface area contributed by atoms with E-state index in [0.717, 1.165) is 11.1 Å². The van der Waals surface area contributed by atoms with Gasteiger partial charge < -0.3 is 9.80 Å². The lowest BCUT2D eigenvalue weighted by Gasteiger charge is -2.29. The van der Waals surface area contributed by atoms with Crippen molar-refractivity contribution < 1.29 is 13.2 Å². The molecule has 2 aliphatic heterocycles. The number of benzene rings is 2. The van der Waals surface area contributed by atoms with Crippen LogP contribution in [0.1, 0.15) is 11.1 Å². The summed E-state index contributed by atoms with van der Waals surface area (Å²) in [6.07, 6.45) is 4.92. The zero-order chi connectivity index (χ0) is 20.3. The van der Waals surface area contributed by atoms with Crippen molar-refractivity contribution in [1.29, 1.82) is 0 Å². The summed E-state index contributed by atoms with van der Waals surface area (Å²) < 4.78 is 27.2. The highest BCUT2D eigenvalue weighted by atomic mass is 32.2. The second kappa shape index (κ2) is 8.05. The number of nitrogens with zero attached hydrogens (tertiary/aromatic N) is 3. The number of hydrogen-bond donors (Lipinski definition) is 0. The van der Waals surface area contributed by atoms with Crippen LogP contribution in [0.3, 0.4) is 0 Å². The molecule has 0 N–H and O–H groups in total. The van der Waals surface area contributed by atoms with Crippen LogP contribution in [0.5, 0.6) is 0 Å². The SMILES string of the molecule is O=C(C1=CN2CCS(=O)(=O)N=C2C=C1)N(Cc1ccccc1)Cc1ccccc1. The van der Waals surface area contributed by atoms with Crippen molar-refractivity contribution in [2.45, 2.75) is 13.1 Å². The van der Waals surface area contributed by atoms with Crippen molar-refractivity contribution >= 4 is 21.8 Å². The molecule has 0 atom stereocenters. The van der Waals surface area contributed by atoms with E-state index < -0.39 is 10.0 Å². The number of amidine groups is 1. The molecule has 0 aromatic heterocycles. The van der Waals surface area contributed by atoms with E-state index in [2.05, 4.69) is 4.40 Å². The van der Waals surface area contributed by atoms with Gasteiger partial charge in [0.25, 0.3) is 15.9 Å². The van der Waals surface area contributed by atoms with Crippen molar-refractivity contribution in [2.75, 3.05) is 12.3 Å². The van der Waals surface area contributed by atoms with Crippen LogP contribution in [0.2, 0.25) is 0 Å². The van der Waals surface area contributed by atoms with E-state index in [9.17, 15) is 13.2 Å². The number of rotatable bonds is 5. The Morgan fingerprint density at radius 2 is 1.52 bits per heavy atom. The minimum Gasteiger partial charge on any atom is -0.330 e. The summed E-state index contributed by atoms with van der Waals surface area (Å²) in [6.45, 7) is 1.25. The Labute approximate surface area is 170 Å². The highest BCUT2D eigenvalue weighted by Crippen LogP contribution is 2.20. The van der Waals surface area contributed by atoms with Gasteiger partial charge in [-0.2, -0.15) is 0 Å². The Hall–Kier alpha value is -3.19. The van der Waals surface area contributed by atoms with Crippen molar-refractivity contribution in [3.05, 3.63) is 95.7 Å². The summed E-state index contributed by atoms with van der Waals surface area (Å²) in [6, 6.07) is 19.7. The second-order valence-electron chi connectivity index (χ2n) is 6.98. The topological polar surface area (TPSA) is 70.0 Å². The fourth-order valence-corrected chi connectivity index (χ4v) is 4.29. The minimum absolute atomic E-state index is 0.0555. The standard InChI is InChI=1S/C22H21N3O3S/c26-22(20-11-12-21-23-29(27,28)14-13-24(21)17-20)25(15-18-7-3-1-4-8-18)16-19-9-5-2-6-10-19/h1-12,17H,13-16H2. The molecule has 0 unspecified atom stereocenters. The Morgan fingerprint density at radius 1 is 0.931 bits per heavy atom. The first-order valence-electron chi connectivity index (χ1n) is 9.36. The van der Waals surface area contributed by atoms with Crippen molar-refractivity contribution in [3.63, 3.8) is 0 Å². The predicted octanol–water partition coefficient (Wildman–Crippen LogP) is 2.71. The minimum atomic E-state index is -3.42. The molecule has 0 radical (unpaired) electrons. The van der Waals surface area contributed by atoms with Crippen LogP contribution in [0.25, 0.3) is 0 Å². The average Bonchev–Trinajstić information content (AvgIpc) is 2.73. The largest absolute Gasteiger partial charge is 0.330 e. The maximum atomic E-state index is 13.3. The van der Waals surface area contributed by atoms with Gasteiger partial charge in [0.05, 0.1) is 11.3 Å². The number of fused-ring (bicyclic) bond motifs is 1. The molecule has 1 amide bonds. The van der Waals surface area contributed by atoms with Gasteiger partial charge in [0.15, 0.2) is 0 Å². The molecule has 2 aromatic rings. The molecule has 0 saturated carbocycles. The molecule has 4 rings (SSSR count). The fraction of sp³-hybridized carbons (Fsp3) is 0.182. The van der Waals surface area contributed by atoms with E-state index in [0.29, 0.717) is 31.0 Å². The monoisotopic (exact) mass is 407 g/mol. The summed E-state index contributed by atoms with van der Waals surface area (Å²) in [4.78, 5) is 16.8. The average molecular weight is 407 g/mol. The number of carbonyl (C=O) groups is 1. The number of carbonyl (C=O) groups excluding carboxylic acids is 1. The third kappa shape index (κ3) is 4.63. The molecule has 7 heteroatoms. The number of amides is 1. The molecular formula is C22H21N3O3S. The summed E-state index contributed by atoms with van der Waals surface area (Å²) in [5.74, 6) is 0.187. The van der Waals surface area contributed by atoms with Crippen LogP contribution in [0, 0.1) is 0 Å². The quantitative estimate of drug-likeness (QED) is 0.764. The summed E-state index contributed by atoms with van der Waals surface area (Å²) in [5, 5.41) is 0. The first kappa shape index (κ1) is 19.1. The van der Waals surface area contributed by atoms with E-state index in [4.69, 9.17) is 0 Å². The number of hydrogen-bond acceptors (Lipinski definition) is 4. The Balaban J connectivity index is 1.59. The van der Waals surface area contributed by atoms with Crippen LogP contribution < -0.4 is 0 Å². The third-order valence-corrected chi connectivity index (χ3v) is 5.95. The van der Waals surface area contributed by atoms with E-state index in [1.807, 2.05) is 60.7 Å². The summed E-state index contributed by atoms with van der Waals surface area (Å²) >= 11 is 0. The molecule has 2 aliphatic rings. The Bertz CT molecular complexity index is 1050. The molecule has 0 aliphatic carbocycles. The first-order chi connectivity index (χ1) is 14.0. The van der Waals surface area contributed by atoms with Crippen LogP contribution in [0.4, 0.5) is 0 Å². The maximum absolute atomic E-state index is 13.3. The lowest BCUT2D eigenvalue weighted by molar-refractivity contribution is -0.128. The lowest BCUT2D eigenvalue weighted by atomic mass is 10.1. The van der Waals surface area contributed by atoms with Gasteiger partial charge in [0.1, 0.15) is 5.84 Å². The third-order valence-electron chi connectivity index (χ3n) is 4.79. The molecule has 2 aromatic carbocycles. The van der Waals surface area contributed by atoms with Gasteiger partial charge >= 0.3 is 0 Å². The molecule has 0 spiro atoms. The van der Waals surface area contributed by atoms with Crippen LogP contribution in [-0.4, -0.2) is 42.3 Å². The van der Waals surface area contributed by atoms with Crippen molar-refractivity contribution in [2.24, 2.45) is 4.40 Å². The van der Waals surface area contributed by atoms with Gasteiger partial charge in [-0.1, -0.05) is 60.7 Å². The van der Waals surface area contributed by atoms with Gasteiger partial charge in [0.2, 0.25) is 0 Å². The summed E-state index contributed by atoms with van der Waals surface area (Å²) in [7, 11) is -3.42. The normalized spacial score (nSPS) is 17.2. The van der Waals surface area contributed by atoms with Gasteiger partial charge in [-0.25, -0.2) is 8.42 Å². The first-order valence-corrected chi connectivity index (χ1v) is 11.0. The molecule has 2 heterocycles. The van der Waals surface area contributed by atoms with Crippen LogP contribution >= 0.6 is 0 Å². The zero-order valence-corrected chi connectivity index (χ0v) is 16.6. The lowest BCUT2D eigenvalue weighted by Crippen LogP contribution is -2.38. The predicted molar refractivity (Wildman–Crippen MR) is 112 cm³/mol. The molecule has 29 heavy (non-hydrogen) atoms. The van der Waals surface area contributed by atoms with E-state index in [-0.39, 0.29) is 11.7 Å². The highest BCUT2D eigenvalue weighted by Gasteiger charge is 2.26. The van der Waals surface area contributed by atoms with E-state index in [1.54, 1.807) is 28.2 Å². The van der Waals surface area contributed by atoms with Gasteiger partial charge in [-0.3, -0.25) is 4.79 Å². The van der Waals surface area contributed by atoms with Crippen LogP contribution in [0.15, 0.2) is 89.0 Å². The van der Waals surface area contributed by atoms with Crippen molar-refractivity contribution in [1.82, 2.24) is 9.80 Å². The smallest absolute Gasteiger partial charge is 0.256 e. The zero-order valence-electron chi connectivity index (χ0n) is 15.8. The number of sulfonamides is 1. The maximum Gasteiger partial charge on any atom is 0.256 e. The molecule has 6 nitrogen and oxygen atoms in total. The van der Waals surface area contributed by atoms with Gasteiger partial charge in [0, 0.05) is 25.8 Å². The van der Waals surface area contributed by atoms with Gasteiger partial charge in [-0.15, -0.1) is 4.40 Å². The second-order valence-corrected chi connectivity index (χ2v) is 8.73. The molecule has 0 bridgehead atoms. The molecular weight excluding hydrogens is 386 g/mol. The molecule has 0 saturated heterocycles. The highest BCUT2D eigenvalue weighted by molar-refractivity contribution is 7.90. The Kier molecular flexibility index (Phi) is 5.31. The van der Waals surface area contributed by atoms with E-state index >= 15 is 0 Å². The van der Waals surface area contributed by atoms with E-state index in [1.165, 1.54) is 0 Å². The van der Waals surface area contributed by atoms with Crippen molar-refractivity contribution in [3.8, 4) is 0 Å². The Morgan fingerprint density at radius 3 is 2.10 bits per heavy atom. The van der Waals surface area contributed by atoms with Gasteiger partial charge in [-0.05, 0) is 23.3 Å². The molecule has 0 fully saturated rings. The fourth-order valence-electron chi connectivity index (χ4n) is 3.32. The summed E-state index contributed by atoms with van der Waals surface area (Å²) in [5.41, 5.74) is 2.60.